The number of aromatic nitrogens is 3. The Morgan fingerprint density at radius 1 is 1.05 bits per heavy atom. The summed E-state index contributed by atoms with van der Waals surface area (Å²) in [4.78, 5) is 32.2. The normalized spacial score (nSPS) is 20.0. The summed E-state index contributed by atoms with van der Waals surface area (Å²) in [6, 6.07) is 12.1. The molecule has 2 aliphatic rings. The van der Waals surface area contributed by atoms with Crippen LogP contribution in [0.5, 0.6) is 0 Å². The Labute approximate surface area is 213 Å². The molecular weight excluding hydrogens is 483 g/mol. The van der Waals surface area contributed by atoms with Crippen LogP contribution in [0.4, 0.5) is 41.1 Å². The second kappa shape index (κ2) is 9.87. The third kappa shape index (κ3) is 5.16. The predicted octanol–water partition coefficient (Wildman–Crippen LogP) is 5.19. The Kier molecular flexibility index (Phi) is 6.61. The third-order valence-corrected chi connectivity index (χ3v) is 6.95. The monoisotopic (exact) mass is 511 g/mol. The van der Waals surface area contributed by atoms with Gasteiger partial charge < -0.3 is 9.80 Å². The lowest BCUT2D eigenvalue weighted by Crippen LogP contribution is -2.42. The van der Waals surface area contributed by atoms with Crippen molar-refractivity contribution in [3.63, 3.8) is 0 Å². The molecule has 2 aliphatic heterocycles. The summed E-state index contributed by atoms with van der Waals surface area (Å²) >= 11 is 0. The Morgan fingerprint density at radius 2 is 1.89 bits per heavy atom. The number of hydrogen-bond acceptors (Lipinski definition) is 6. The van der Waals surface area contributed by atoms with E-state index in [-0.39, 0.29) is 25.0 Å². The average Bonchev–Trinajstić information content (AvgIpc) is 3.35. The minimum Gasteiger partial charge on any atom is -0.372 e. The van der Waals surface area contributed by atoms with Crippen LogP contribution in [-0.4, -0.2) is 59.9 Å². The summed E-state index contributed by atoms with van der Waals surface area (Å²) in [5.41, 5.74) is 2.13. The summed E-state index contributed by atoms with van der Waals surface area (Å²) in [6.07, 6.45) is -0.229. The molecule has 3 aromatic heterocycles. The number of carbonyl (C=O) groups excluding carboxylic acids is 1. The van der Waals surface area contributed by atoms with E-state index < -0.39 is 12.1 Å². The van der Waals surface area contributed by atoms with Crippen molar-refractivity contribution in [2.24, 2.45) is 5.92 Å². The second-order valence-corrected chi connectivity index (χ2v) is 9.49. The van der Waals surface area contributed by atoms with E-state index in [0.29, 0.717) is 35.3 Å². The first-order chi connectivity index (χ1) is 17.7. The van der Waals surface area contributed by atoms with Gasteiger partial charge in [-0.3, -0.25) is 10.2 Å². The van der Waals surface area contributed by atoms with Gasteiger partial charge in [0.15, 0.2) is 5.82 Å². The smallest absolute Gasteiger partial charge is 0.372 e. The molecule has 0 aliphatic carbocycles. The van der Waals surface area contributed by atoms with Crippen LogP contribution in [0.2, 0.25) is 0 Å². The SMILES string of the molecule is C[C@@H]1CCN(C)c2ccc(-c3ccnc(N4CCC(C(F)(F)F)C4)c3)nc2N1C(=O)Nc1ccccn1. The molecule has 5 heterocycles. The van der Waals surface area contributed by atoms with Gasteiger partial charge in [0.25, 0.3) is 0 Å². The molecule has 0 bridgehead atoms. The Bertz CT molecular complexity index is 1270. The Balaban J connectivity index is 1.47. The number of amides is 2. The number of alkyl halides is 3. The van der Waals surface area contributed by atoms with Crippen molar-refractivity contribution in [1.29, 1.82) is 0 Å². The minimum atomic E-state index is -4.22. The first-order valence-electron chi connectivity index (χ1n) is 12.2. The van der Waals surface area contributed by atoms with E-state index in [0.717, 1.165) is 18.7 Å². The molecule has 11 heteroatoms. The van der Waals surface area contributed by atoms with Crippen LogP contribution in [0.25, 0.3) is 11.3 Å². The molecule has 5 rings (SSSR count). The van der Waals surface area contributed by atoms with Gasteiger partial charge in [0.2, 0.25) is 0 Å². The molecule has 1 unspecified atom stereocenters. The van der Waals surface area contributed by atoms with Gasteiger partial charge in [-0.25, -0.2) is 19.7 Å². The molecule has 3 aromatic rings. The highest BCUT2D eigenvalue weighted by molar-refractivity contribution is 6.03. The number of fused-ring (bicyclic) bond motifs is 1. The average molecular weight is 512 g/mol. The highest BCUT2D eigenvalue weighted by atomic mass is 19.4. The topological polar surface area (TPSA) is 77.5 Å². The Hall–Kier alpha value is -3.89. The first kappa shape index (κ1) is 24.8. The quantitative estimate of drug-likeness (QED) is 0.521. The number of carbonyl (C=O) groups is 1. The van der Waals surface area contributed by atoms with E-state index in [9.17, 15) is 18.0 Å². The molecule has 194 valence electrons. The lowest BCUT2D eigenvalue weighted by atomic mass is 10.1. The number of halogens is 3. The van der Waals surface area contributed by atoms with Gasteiger partial charge in [0.1, 0.15) is 11.6 Å². The second-order valence-electron chi connectivity index (χ2n) is 9.49. The number of hydrogen-bond donors (Lipinski definition) is 1. The molecule has 1 N–H and O–H groups in total. The first-order valence-corrected chi connectivity index (χ1v) is 12.2. The third-order valence-electron chi connectivity index (χ3n) is 6.95. The number of nitrogens with zero attached hydrogens (tertiary/aromatic N) is 6. The van der Waals surface area contributed by atoms with E-state index in [1.165, 1.54) is 0 Å². The van der Waals surface area contributed by atoms with Crippen molar-refractivity contribution in [2.75, 3.05) is 46.7 Å². The number of urea groups is 1. The molecule has 0 radical (unpaired) electrons. The molecule has 37 heavy (non-hydrogen) atoms. The standard InChI is InChI=1S/C26H28F3N7O/c1-17-9-13-34(2)21-7-6-20(32-24(21)36(17)25(37)33-22-5-3-4-11-30-22)18-8-12-31-23(15-18)35-14-10-19(16-35)26(27,28)29/h3-8,11-12,15,17,19H,9-10,13-14,16H2,1-2H3,(H,30,33,37)/t17-,19?/m1/s1. The molecule has 2 atom stereocenters. The number of anilines is 4. The zero-order valence-electron chi connectivity index (χ0n) is 20.6. The van der Waals surface area contributed by atoms with E-state index >= 15 is 0 Å². The van der Waals surface area contributed by atoms with Crippen molar-refractivity contribution >= 4 is 29.2 Å². The van der Waals surface area contributed by atoms with Gasteiger partial charge in [0, 0.05) is 50.7 Å². The molecule has 0 spiro atoms. The fourth-order valence-corrected chi connectivity index (χ4v) is 4.80. The lowest BCUT2D eigenvalue weighted by Gasteiger charge is -2.28. The molecule has 0 aromatic carbocycles. The highest BCUT2D eigenvalue weighted by Crippen LogP contribution is 2.37. The van der Waals surface area contributed by atoms with Crippen LogP contribution in [0.15, 0.2) is 54.9 Å². The van der Waals surface area contributed by atoms with Crippen LogP contribution < -0.4 is 20.0 Å². The van der Waals surface area contributed by atoms with Crippen LogP contribution in [-0.2, 0) is 0 Å². The molecular formula is C26H28F3N7O. The number of rotatable bonds is 3. The van der Waals surface area contributed by atoms with Crippen molar-refractivity contribution < 1.29 is 18.0 Å². The van der Waals surface area contributed by atoms with E-state index in [2.05, 4.69) is 20.2 Å². The maximum absolute atomic E-state index is 13.4. The fourth-order valence-electron chi connectivity index (χ4n) is 4.80. The zero-order valence-corrected chi connectivity index (χ0v) is 20.6. The van der Waals surface area contributed by atoms with E-state index in [1.807, 2.05) is 26.1 Å². The maximum atomic E-state index is 13.4. The molecule has 2 amide bonds. The predicted molar refractivity (Wildman–Crippen MR) is 137 cm³/mol. The van der Waals surface area contributed by atoms with Crippen molar-refractivity contribution in [2.45, 2.75) is 32.0 Å². The van der Waals surface area contributed by atoms with E-state index in [1.54, 1.807) is 52.5 Å². The van der Waals surface area contributed by atoms with Crippen LogP contribution >= 0.6 is 0 Å². The van der Waals surface area contributed by atoms with Crippen molar-refractivity contribution in [3.8, 4) is 11.3 Å². The molecule has 8 nitrogen and oxygen atoms in total. The number of pyridine rings is 3. The van der Waals surface area contributed by atoms with Gasteiger partial charge in [0.05, 0.1) is 17.3 Å². The fraction of sp³-hybridized carbons (Fsp3) is 0.385. The summed E-state index contributed by atoms with van der Waals surface area (Å²) in [6.45, 7) is 2.91. The largest absolute Gasteiger partial charge is 0.393 e. The van der Waals surface area contributed by atoms with Crippen LogP contribution in [0.1, 0.15) is 19.8 Å². The van der Waals surface area contributed by atoms with Gasteiger partial charge >= 0.3 is 12.2 Å². The highest BCUT2D eigenvalue weighted by Gasteiger charge is 2.43. The molecule has 0 saturated carbocycles. The van der Waals surface area contributed by atoms with Crippen LogP contribution in [0, 0.1) is 5.92 Å². The van der Waals surface area contributed by atoms with Gasteiger partial charge in [-0.2, -0.15) is 13.2 Å². The van der Waals surface area contributed by atoms with Gasteiger partial charge in [-0.15, -0.1) is 0 Å². The Morgan fingerprint density at radius 3 is 2.62 bits per heavy atom. The van der Waals surface area contributed by atoms with Crippen molar-refractivity contribution in [1.82, 2.24) is 15.0 Å². The van der Waals surface area contributed by atoms with Crippen molar-refractivity contribution in [3.05, 3.63) is 54.9 Å². The van der Waals surface area contributed by atoms with E-state index in [4.69, 9.17) is 4.98 Å². The zero-order chi connectivity index (χ0) is 26.2. The summed E-state index contributed by atoms with van der Waals surface area (Å²) in [5, 5.41) is 2.86. The van der Waals surface area contributed by atoms with Crippen LogP contribution in [0.3, 0.4) is 0 Å². The van der Waals surface area contributed by atoms with Gasteiger partial charge in [-0.05, 0) is 56.2 Å². The minimum absolute atomic E-state index is 0.0526. The molecule has 1 saturated heterocycles. The number of nitrogens with one attached hydrogen (secondary N) is 1. The lowest BCUT2D eigenvalue weighted by molar-refractivity contribution is -0.168. The van der Waals surface area contributed by atoms with Gasteiger partial charge in [-0.1, -0.05) is 6.07 Å². The molecule has 1 fully saturated rings. The summed E-state index contributed by atoms with van der Waals surface area (Å²) in [7, 11) is 1.96. The summed E-state index contributed by atoms with van der Waals surface area (Å²) in [5.74, 6) is 0.0784. The summed E-state index contributed by atoms with van der Waals surface area (Å²) < 4.78 is 39.6. The maximum Gasteiger partial charge on any atom is 0.393 e.